The highest BCUT2D eigenvalue weighted by molar-refractivity contribution is 5.94. The van der Waals surface area contributed by atoms with Crippen LogP contribution in [0.25, 0.3) is 0 Å². The summed E-state index contributed by atoms with van der Waals surface area (Å²) >= 11 is 0. The van der Waals surface area contributed by atoms with Gasteiger partial charge in [0, 0.05) is 31.8 Å². The van der Waals surface area contributed by atoms with Crippen LogP contribution in [0.4, 0.5) is 8.78 Å². The molecule has 1 heterocycles. The van der Waals surface area contributed by atoms with Crippen LogP contribution in [0.2, 0.25) is 0 Å². The summed E-state index contributed by atoms with van der Waals surface area (Å²) in [4.78, 5) is 13.7. The zero-order valence-electron chi connectivity index (χ0n) is 10.2. The van der Waals surface area contributed by atoms with E-state index in [0.29, 0.717) is 13.1 Å². The summed E-state index contributed by atoms with van der Waals surface area (Å²) in [5.74, 6) is -1.79. The molecule has 0 spiro atoms. The molecule has 5 heteroatoms. The number of carbonyl (C=O) groups excluding carboxylic acids is 1. The lowest BCUT2D eigenvalue weighted by Gasteiger charge is -2.31. The van der Waals surface area contributed by atoms with Crippen LogP contribution in [0.3, 0.4) is 0 Å². The average Bonchev–Trinajstić information content (AvgIpc) is 2.37. The van der Waals surface area contributed by atoms with Crippen molar-refractivity contribution >= 4 is 5.91 Å². The first-order valence-corrected chi connectivity index (χ1v) is 5.88. The molecule has 0 atom stereocenters. The fourth-order valence-electron chi connectivity index (χ4n) is 2.15. The molecule has 1 saturated heterocycles. The monoisotopic (exact) mass is 255 g/mol. The fraction of sp³-hybridized carbons (Fsp3) is 0.462. The quantitative estimate of drug-likeness (QED) is 0.811. The Morgan fingerprint density at radius 1 is 1.22 bits per heavy atom. The van der Waals surface area contributed by atoms with Gasteiger partial charge < -0.3 is 9.64 Å². The fourth-order valence-corrected chi connectivity index (χ4v) is 2.15. The number of halogens is 2. The highest BCUT2D eigenvalue weighted by Crippen LogP contribution is 2.17. The maximum Gasteiger partial charge on any atom is 0.254 e. The first-order valence-electron chi connectivity index (χ1n) is 5.88. The summed E-state index contributed by atoms with van der Waals surface area (Å²) < 4.78 is 31.3. The van der Waals surface area contributed by atoms with Gasteiger partial charge in [0.05, 0.1) is 6.10 Å². The third kappa shape index (κ3) is 2.85. The molecule has 1 aliphatic heterocycles. The molecule has 1 aromatic rings. The van der Waals surface area contributed by atoms with E-state index in [0.717, 1.165) is 31.0 Å². The summed E-state index contributed by atoms with van der Waals surface area (Å²) in [5.41, 5.74) is 0.0587. The Morgan fingerprint density at radius 2 is 1.78 bits per heavy atom. The molecule has 0 N–H and O–H groups in total. The highest BCUT2D eigenvalue weighted by atomic mass is 19.1. The number of carbonyl (C=O) groups is 1. The summed E-state index contributed by atoms with van der Waals surface area (Å²) in [6, 6.07) is 2.88. The molecule has 0 unspecified atom stereocenters. The first-order chi connectivity index (χ1) is 8.60. The number of methoxy groups -OCH3 is 1. The molecular weight excluding hydrogens is 240 g/mol. The van der Waals surface area contributed by atoms with E-state index in [2.05, 4.69) is 0 Å². The zero-order chi connectivity index (χ0) is 13.1. The van der Waals surface area contributed by atoms with Gasteiger partial charge in [-0.15, -0.1) is 0 Å². The molecule has 1 aromatic carbocycles. The van der Waals surface area contributed by atoms with E-state index >= 15 is 0 Å². The predicted octanol–water partition coefficient (Wildman–Crippen LogP) is 2.22. The Bertz CT molecular complexity index is 422. The van der Waals surface area contributed by atoms with Gasteiger partial charge >= 0.3 is 0 Å². The van der Waals surface area contributed by atoms with Crippen LogP contribution in [0.15, 0.2) is 18.2 Å². The third-order valence-electron chi connectivity index (χ3n) is 3.17. The molecular formula is C13H15F2NO2. The molecule has 1 amide bonds. The molecule has 0 aromatic heterocycles. The van der Waals surface area contributed by atoms with Crippen molar-refractivity contribution in [1.29, 1.82) is 0 Å². The van der Waals surface area contributed by atoms with Crippen molar-refractivity contribution in [2.24, 2.45) is 0 Å². The SMILES string of the molecule is COC1CCN(C(=O)c2cc(F)cc(F)c2)CC1. The molecule has 18 heavy (non-hydrogen) atoms. The number of ether oxygens (including phenoxy) is 1. The van der Waals surface area contributed by atoms with Crippen molar-refractivity contribution in [3.8, 4) is 0 Å². The molecule has 0 bridgehead atoms. The average molecular weight is 255 g/mol. The summed E-state index contributed by atoms with van der Waals surface area (Å²) in [6.45, 7) is 1.10. The second-order valence-corrected chi connectivity index (χ2v) is 4.39. The van der Waals surface area contributed by atoms with Crippen molar-refractivity contribution in [1.82, 2.24) is 4.90 Å². The number of nitrogens with zero attached hydrogens (tertiary/aromatic N) is 1. The Labute approximate surface area is 104 Å². The minimum absolute atomic E-state index is 0.0587. The Kier molecular flexibility index (Phi) is 3.91. The van der Waals surface area contributed by atoms with Crippen LogP contribution >= 0.6 is 0 Å². The van der Waals surface area contributed by atoms with Gasteiger partial charge in [-0.2, -0.15) is 0 Å². The normalized spacial score (nSPS) is 16.9. The lowest BCUT2D eigenvalue weighted by Crippen LogP contribution is -2.40. The minimum atomic E-state index is -0.731. The third-order valence-corrected chi connectivity index (χ3v) is 3.17. The Morgan fingerprint density at radius 3 is 2.28 bits per heavy atom. The van der Waals surface area contributed by atoms with Crippen LogP contribution in [0, 0.1) is 11.6 Å². The van der Waals surface area contributed by atoms with Gasteiger partial charge in [-0.1, -0.05) is 0 Å². The maximum absolute atomic E-state index is 13.0. The zero-order valence-corrected chi connectivity index (χ0v) is 10.2. The number of hydrogen-bond donors (Lipinski definition) is 0. The van der Waals surface area contributed by atoms with Gasteiger partial charge in [-0.05, 0) is 25.0 Å². The van der Waals surface area contributed by atoms with Gasteiger partial charge in [0.2, 0.25) is 0 Å². The summed E-state index contributed by atoms with van der Waals surface area (Å²) in [6.07, 6.45) is 1.67. The van der Waals surface area contributed by atoms with E-state index < -0.39 is 11.6 Å². The number of hydrogen-bond acceptors (Lipinski definition) is 2. The van der Waals surface area contributed by atoms with Crippen LogP contribution in [-0.2, 0) is 4.74 Å². The lowest BCUT2D eigenvalue weighted by atomic mass is 10.1. The highest BCUT2D eigenvalue weighted by Gasteiger charge is 2.23. The van der Waals surface area contributed by atoms with E-state index in [9.17, 15) is 13.6 Å². The largest absolute Gasteiger partial charge is 0.381 e. The first kappa shape index (κ1) is 13.0. The van der Waals surface area contributed by atoms with E-state index in [4.69, 9.17) is 4.74 Å². The number of piperidine rings is 1. The van der Waals surface area contributed by atoms with Crippen molar-refractivity contribution < 1.29 is 18.3 Å². The maximum atomic E-state index is 13.0. The molecule has 98 valence electrons. The van der Waals surface area contributed by atoms with E-state index in [1.54, 1.807) is 12.0 Å². The molecule has 1 aliphatic rings. The van der Waals surface area contributed by atoms with Gasteiger partial charge in [-0.25, -0.2) is 8.78 Å². The van der Waals surface area contributed by atoms with Crippen LogP contribution < -0.4 is 0 Å². The van der Waals surface area contributed by atoms with E-state index in [-0.39, 0.29) is 17.6 Å². The molecule has 0 radical (unpaired) electrons. The topological polar surface area (TPSA) is 29.5 Å². The van der Waals surface area contributed by atoms with Crippen molar-refractivity contribution in [2.45, 2.75) is 18.9 Å². The van der Waals surface area contributed by atoms with Gasteiger partial charge in [-0.3, -0.25) is 4.79 Å². The van der Waals surface area contributed by atoms with Gasteiger partial charge in [0.1, 0.15) is 11.6 Å². The van der Waals surface area contributed by atoms with Gasteiger partial charge in [0.25, 0.3) is 5.91 Å². The van der Waals surface area contributed by atoms with E-state index in [1.165, 1.54) is 0 Å². The predicted molar refractivity (Wildman–Crippen MR) is 62.3 cm³/mol. The lowest BCUT2D eigenvalue weighted by molar-refractivity contribution is 0.0350. The Hall–Kier alpha value is -1.49. The smallest absolute Gasteiger partial charge is 0.254 e. The summed E-state index contributed by atoms with van der Waals surface area (Å²) in [7, 11) is 1.64. The number of amides is 1. The summed E-state index contributed by atoms with van der Waals surface area (Å²) in [5, 5.41) is 0. The van der Waals surface area contributed by atoms with Crippen molar-refractivity contribution in [2.75, 3.05) is 20.2 Å². The van der Waals surface area contributed by atoms with Crippen LogP contribution in [0.5, 0.6) is 0 Å². The molecule has 0 aliphatic carbocycles. The molecule has 0 saturated carbocycles. The molecule has 3 nitrogen and oxygen atoms in total. The van der Waals surface area contributed by atoms with Crippen molar-refractivity contribution in [3.05, 3.63) is 35.4 Å². The number of rotatable bonds is 2. The minimum Gasteiger partial charge on any atom is -0.381 e. The standard InChI is InChI=1S/C13H15F2NO2/c1-18-12-2-4-16(5-3-12)13(17)9-6-10(14)8-11(15)7-9/h6-8,12H,2-5H2,1H3. The van der Waals surface area contributed by atoms with Crippen LogP contribution in [-0.4, -0.2) is 37.1 Å². The molecule has 2 rings (SSSR count). The van der Waals surface area contributed by atoms with Gasteiger partial charge in [0.15, 0.2) is 0 Å². The number of benzene rings is 1. The van der Waals surface area contributed by atoms with Crippen LogP contribution in [0.1, 0.15) is 23.2 Å². The van der Waals surface area contributed by atoms with Crippen molar-refractivity contribution in [3.63, 3.8) is 0 Å². The second kappa shape index (κ2) is 5.44. The second-order valence-electron chi connectivity index (χ2n) is 4.39. The van der Waals surface area contributed by atoms with E-state index in [1.807, 2.05) is 0 Å². The Balaban J connectivity index is 2.07. The molecule has 1 fully saturated rings. The number of likely N-dealkylation sites (tertiary alicyclic amines) is 1.